The highest BCUT2D eigenvalue weighted by Crippen LogP contribution is 2.23. The van der Waals surface area contributed by atoms with E-state index in [1.165, 1.54) is 6.92 Å². The number of aryl methyl sites for hydroxylation is 1. The summed E-state index contributed by atoms with van der Waals surface area (Å²) in [5.41, 5.74) is 1.53. The molecule has 0 saturated heterocycles. The molecule has 0 radical (unpaired) electrons. The van der Waals surface area contributed by atoms with Crippen molar-refractivity contribution in [3.8, 4) is 0 Å². The largest absolute Gasteiger partial charge is 0.480 e. The van der Waals surface area contributed by atoms with Gasteiger partial charge < -0.3 is 20.8 Å². The van der Waals surface area contributed by atoms with E-state index in [4.69, 9.17) is 5.11 Å². The molecule has 2 atom stereocenters. The molecule has 0 heterocycles. The summed E-state index contributed by atoms with van der Waals surface area (Å²) in [5.74, 6) is -1.30. The van der Waals surface area contributed by atoms with Crippen LogP contribution in [0.3, 0.4) is 0 Å². The molecule has 19 heavy (non-hydrogen) atoms. The highest BCUT2D eigenvalue weighted by atomic mass is 79.9. The Morgan fingerprint density at radius 1 is 1.37 bits per heavy atom. The number of aliphatic carboxylic acids is 1. The summed E-state index contributed by atoms with van der Waals surface area (Å²) in [4.78, 5) is 22.5. The van der Waals surface area contributed by atoms with E-state index in [1.807, 2.05) is 19.1 Å². The minimum atomic E-state index is -1.36. The monoisotopic (exact) mass is 330 g/mol. The van der Waals surface area contributed by atoms with E-state index in [1.54, 1.807) is 6.07 Å². The number of aliphatic hydroxyl groups excluding tert-OH is 1. The Balaban J connectivity index is 2.72. The zero-order valence-corrected chi connectivity index (χ0v) is 12.1. The Hall–Kier alpha value is -1.60. The number of anilines is 1. The van der Waals surface area contributed by atoms with Crippen molar-refractivity contribution in [1.29, 1.82) is 0 Å². The predicted octanol–water partition coefficient (Wildman–Crippen LogP) is 1.71. The SMILES string of the molecule is Cc1ccc(NC(=O)N[C@H](C(=O)O)[C@@H](C)O)c(Br)c1. The Bertz CT molecular complexity index is 491. The quantitative estimate of drug-likeness (QED) is 0.675. The van der Waals surface area contributed by atoms with Crippen LogP contribution in [0.25, 0.3) is 0 Å². The first-order valence-electron chi connectivity index (χ1n) is 5.56. The second-order valence-electron chi connectivity index (χ2n) is 4.14. The molecule has 0 aromatic heterocycles. The van der Waals surface area contributed by atoms with Crippen molar-refractivity contribution in [2.75, 3.05) is 5.32 Å². The summed E-state index contributed by atoms with van der Waals surface area (Å²) in [6.07, 6.45) is -1.19. The fraction of sp³-hybridized carbons (Fsp3) is 0.333. The van der Waals surface area contributed by atoms with Gasteiger partial charge in [-0.05, 0) is 47.5 Å². The lowest BCUT2D eigenvalue weighted by Gasteiger charge is -2.17. The van der Waals surface area contributed by atoms with Crippen molar-refractivity contribution in [3.05, 3.63) is 28.2 Å². The third-order valence-corrected chi connectivity index (χ3v) is 3.06. The maximum absolute atomic E-state index is 11.7. The predicted molar refractivity (Wildman–Crippen MR) is 74.1 cm³/mol. The van der Waals surface area contributed by atoms with Gasteiger partial charge >= 0.3 is 12.0 Å². The van der Waals surface area contributed by atoms with Crippen LogP contribution in [0, 0.1) is 6.92 Å². The molecule has 104 valence electrons. The summed E-state index contributed by atoms with van der Waals surface area (Å²) >= 11 is 3.29. The first-order chi connectivity index (χ1) is 8.81. The molecular weight excluding hydrogens is 316 g/mol. The fourth-order valence-corrected chi connectivity index (χ4v) is 2.00. The molecule has 6 nitrogen and oxygen atoms in total. The second-order valence-corrected chi connectivity index (χ2v) is 4.99. The number of aliphatic hydroxyl groups is 1. The van der Waals surface area contributed by atoms with Gasteiger partial charge in [0.05, 0.1) is 11.8 Å². The number of rotatable bonds is 4. The number of hydrogen-bond acceptors (Lipinski definition) is 3. The minimum absolute atomic E-state index is 0.512. The van der Waals surface area contributed by atoms with Gasteiger partial charge in [0.1, 0.15) is 0 Å². The second kappa shape index (κ2) is 6.53. The van der Waals surface area contributed by atoms with Crippen molar-refractivity contribution in [2.45, 2.75) is 26.0 Å². The van der Waals surface area contributed by atoms with Crippen molar-refractivity contribution >= 4 is 33.6 Å². The minimum Gasteiger partial charge on any atom is -0.480 e. The highest BCUT2D eigenvalue weighted by Gasteiger charge is 2.25. The lowest BCUT2D eigenvalue weighted by atomic mass is 10.2. The molecule has 2 amide bonds. The summed E-state index contributed by atoms with van der Waals surface area (Å²) in [5, 5.41) is 22.8. The van der Waals surface area contributed by atoms with E-state index in [0.717, 1.165) is 5.56 Å². The molecule has 1 aromatic carbocycles. The summed E-state index contributed by atoms with van der Waals surface area (Å²) in [7, 11) is 0. The molecule has 0 spiro atoms. The Morgan fingerprint density at radius 2 is 2.00 bits per heavy atom. The molecule has 4 N–H and O–H groups in total. The third kappa shape index (κ3) is 4.53. The van der Waals surface area contributed by atoms with Crippen LogP contribution in [-0.2, 0) is 4.79 Å². The van der Waals surface area contributed by atoms with Gasteiger partial charge in [-0.25, -0.2) is 9.59 Å². The highest BCUT2D eigenvalue weighted by molar-refractivity contribution is 9.10. The number of urea groups is 1. The maximum Gasteiger partial charge on any atom is 0.328 e. The van der Waals surface area contributed by atoms with Crippen LogP contribution in [0.2, 0.25) is 0 Å². The number of nitrogens with one attached hydrogen (secondary N) is 2. The number of carboxylic acid groups (broad SMARTS) is 1. The number of carbonyl (C=O) groups is 2. The lowest BCUT2D eigenvalue weighted by molar-refractivity contribution is -0.141. The number of hydrogen-bond donors (Lipinski definition) is 4. The van der Waals surface area contributed by atoms with Crippen LogP contribution in [0.4, 0.5) is 10.5 Å². The lowest BCUT2D eigenvalue weighted by Crippen LogP contribution is -2.49. The van der Waals surface area contributed by atoms with Crippen molar-refractivity contribution in [1.82, 2.24) is 5.32 Å². The molecule has 1 rings (SSSR count). The zero-order valence-electron chi connectivity index (χ0n) is 10.5. The van der Waals surface area contributed by atoms with Gasteiger partial charge in [-0.3, -0.25) is 0 Å². The molecule has 7 heteroatoms. The molecule has 1 aromatic rings. The van der Waals surface area contributed by atoms with Gasteiger partial charge in [0.25, 0.3) is 0 Å². The van der Waals surface area contributed by atoms with Gasteiger partial charge in [0.2, 0.25) is 0 Å². The maximum atomic E-state index is 11.7. The van der Waals surface area contributed by atoms with Crippen molar-refractivity contribution < 1.29 is 19.8 Å². The molecular formula is C12H15BrN2O4. The molecule has 0 aliphatic carbocycles. The average Bonchev–Trinajstić information content (AvgIpc) is 2.29. The van der Waals surface area contributed by atoms with E-state index in [2.05, 4.69) is 26.6 Å². The van der Waals surface area contributed by atoms with E-state index in [0.29, 0.717) is 10.2 Å². The summed E-state index contributed by atoms with van der Waals surface area (Å²) in [6, 6.07) is 3.27. The van der Waals surface area contributed by atoms with Gasteiger partial charge in [-0.15, -0.1) is 0 Å². The van der Waals surface area contributed by atoms with Crippen LogP contribution in [-0.4, -0.2) is 34.4 Å². The molecule has 0 aliphatic rings. The first-order valence-corrected chi connectivity index (χ1v) is 6.35. The van der Waals surface area contributed by atoms with E-state index < -0.39 is 24.1 Å². The van der Waals surface area contributed by atoms with Crippen LogP contribution in [0.15, 0.2) is 22.7 Å². The van der Waals surface area contributed by atoms with Crippen molar-refractivity contribution in [2.24, 2.45) is 0 Å². The first kappa shape index (κ1) is 15.5. The number of carbonyl (C=O) groups excluding carboxylic acids is 1. The summed E-state index contributed by atoms with van der Waals surface area (Å²) < 4.78 is 0.687. The summed E-state index contributed by atoms with van der Waals surface area (Å²) in [6.45, 7) is 3.20. The smallest absolute Gasteiger partial charge is 0.328 e. The molecule has 0 bridgehead atoms. The van der Waals surface area contributed by atoms with Crippen LogP contribution in [0.1, 0.15) is 12.5 Å². The number of halogens is 1. The van der Waals surface area contributed by atoms with Gasteiger partial charge in [-0.2, -0.15) is 0 Å². The van der Waals surface area contributed by atoms with E-state index in [9.17, 15) is 14.7 Å². The number of amides is 2. The Kier molecular flexibility index (Phi) is 5.31. The zero-order chi connectivity index (χ0) is 14.6. The topological polar surface area (TPSA) is 98.7 Å². The van der Waals surface area contributed by atoms with E-state index >= 15 is 0 Å². The van der Waals surface area contributed by atoms with E-state index in [-0.39, 0.29) is 0 Å². The third-order valence-electron chi connectivity index (χ3n) is 2.41. The Labute approximate surface area is 118 Å². The standard InChI is InChI=1S/C12H15BrN2O4/c1-6-3-4-9(8(13)5-6)14-12(19)15-10(7(2)16)11(17)18/h3-5,7,10,16H,1-2H3,(H,17,18)(H2,14,15,19)/t7-,10+/m1/s1. The van der Waals surface area contributed by atoms with Gasteiger partial charge in [0, 0.05) is 4.47 Å². The van der Waals surface area contributed by atoms with Gasteiger partial charge in [0.15, 0.2) is 6.04 Å². The Morgan fingerprint density at radius 3 is 2.47 bits per heavy atom. The molecule has 0 unspecified atom stereocenters. The number of benzene rings is 1. The van der Waals surface area contributed by atoms with Crippen LogP contribution >= 0.6 is 15.9 Å². The van der Waals surface area contributed by atoms with Crippen molar-refractivity contribution in [3.63, 3.8) is 0 Å². The normalized spacial score (nSPS) is 13.5. The average molecular weight is 331 g/mol. The number of carboxylic acids is 1. The molecule has 0 saturated carbocycles. The fourth-order valence-electron chi connectivity index (χ4n) is 1.41. The van der Waals surface area contributed by atoms with Crippen LogP contribution < -0.4 is 10.6 Å². The molecule has 0 aliphatic heterocycles. The molecule has 0 fully saturated rings. The van der Waals surface area contributed by atoms with Crippen LogP contribution in [0.5, 0.6) is 0 Å². The van der Waals surface area contributed by atoms with Gasteiger partial charge in [-0.1, -0.05) is 6.07 Å².